The molecule has 0 atom stereocenters. The Balaban J connectivity index is 0.00000312. The third kappa shape index (κ3) is 9.26. The number of aryl methyl sites for hydroxylation is 1. The molecule has 0 aliphatic carbocycles. The molecule has 4 nitrogen and oxygen atoms in total. The van der Waals surface area contributed by atoms with Crippen LogP contribution in [0, 0.1) is 6.92 Å². The first-order chi connectivity index (χ1) is 11.8. The number of halogens is 1. The van der Waals surface area contributed by atoms with Crippen LogP contribution in [0.15, 0.2) is 40.9 Å². The van der Waals surface area contributed by atoms with Gasteiger partial charge in [0.05, 0.1) is 19.8 Å². The summed E-state index contributed by atoms with van der Waals surface area (Å²) in [6, 6.07) is 8.57. The zero-order chi connectivity index (χ0) is 17.0. The van der Waals surface area contributed by atoms with Crippen molar-refractivity contribution in [1.82, 2.24) is 10.6 Å². The van der Waals surface area contributed by atoms with Crippen molar-refractivity contribution in [3.63, 3.8) is 0 Å². The summed E-state index contributed by atoms with van der Waals surface area (Å²) in [4.78, 5) is 4.73. The summed E-state index contributed by atoms with van der Waals surface area (Å²) in [6.45, 7) is 8.52. The minimum absolute atomic E-state index is 0. The average molecular weight is 457 g/mol. The molecule has 2 N–H and O–H groups in total. The van der Waals surface area contributed by atoms with Crippen LogP contribution < -0.4 is 10.6 Å². The quantitative estimate of drug-likeness (QED) is 0.202. The molecule has 0 unspecified atom stereocenters. The van der Waals surface area contributed by atoms with Crippen molar-refractivity contribution in [1.29, 1.82) is 0 Å². The maximum absolute atomic E-state index is 5.36. The summed E-state index contributed by atoms with van der Waals surface area (Å²) in [5.41, 5.74) is 4.01. The first-order valence-corrected chi connectivity index (χ1v) is 9.11. The highest BCUT2D eigenvalue weighted by molar-refractivity contribution is 14.0. The number of guanidine groups is 1. The Morgan fingerprint density at radius 1 is 1.16 bits per heavy atom. The lowest BCUT2D eigenvalue weighted by Crippen LogP contribution is -2.38. The molecular weight excluding hydrogens is 425 g/mol. The van der Waals surface area contributed by atoms with Crippen LogP contribution in [0.2, 0.25) is 0 Å². The molecular formula is C20H32IN3O. The lowest BCUT2D eigenvalue weighted by molar-refractivity contribution is 0.153. The van der Waals surface area contributed by atoms with Crippen LogP contribution in [0.25, 0.3) is 0 Å². The second-order valence-corrected chi connectivity index (χ2v) is 6.29. The number of unbranched alkanes of at least 4 members (excludes halogenated alkanes) is 1. The highest BCUT2D eigenvalue weighted by Gasteiger charge is 2.04. The zero-order valence-electron chi connectivity index (χ0n) is 15.5. The van der Waals surface area contributed by atoms with Crippen LogP contribution >= 0.6 is 24.0 Å². The maximum Gasteiger partial charge on any atom is 0.191 e. The van der Waals surface area contributed by atoms with Gasteiger partial charge < -0.3 is 15.4 Å². The molecule has 1 aliphatic rings. The van der Waals surface area contributed by atoms with Gasteiger partial charge in [-0.25, -0.2) is 4.99 Å². The van der Waals surface area contributed by atoms with Gasteiger partial charge in [-0.1, -0.05) is 54.8 Å². The second-order valence-electron chi connectivity index (χ2n) is 6.29. The molecule has 5 heteroatoms. The molecule has 0 bridgehead atoms. The van der Waals surface area contributed by atoms with E-state index in [1.54, 1.807) is 0 Å². The minimum Gasteiger partial charge on any atom is -0.377 e. The van der Waals surface area contributed by atoms with Gasteiger partial charge in [0.2, 0.25) is 0 Å². The smallest absolute Gasteiger partial charge is 0.191 e. The Kier molecular flexibility index (Phi) is 11.6. The van der Waals surface area contributed by atoms with Gasteiger partial charge in [0, 0.05) is 13.1 Å². The van der Waals surface area contributed by atoms with Crippen molar-refractivity contribution in [3.8, 4) is 0 Å². The number of aliphatic imine (C=N–C) groups is 1. The fourth-order valence-corrected chi connectivity index (χ4v) is 2.56. The number of benzene rings is 1. The van der Waals surface area contributed by atoms with Gasteiger partial charge in [-0.15, -0.1) is 24.0 Å². The van der Waals surface area contributed by atoms with Gasteiger partial charge in [-0.3, -0.25) is 0 Å². The third-order valence-corrected chi connectivity index (χ3v) is 4.16. The predicted octanol–water partition coefficient (Wildman–Crippen LogP) is 4.19. The molecule has 1 heterocycles. The summed E-state index contributed by atoms with van der Waals surface area (Å²) >= 11 is 0. The second kappa shape index (κ2) is 13.2. The minimum atomic E-state index is 0. The van der Waals surface area contributed by atoms with Gasteiger partial charge >= 0.3 is 0 Å². The zero-order valence-corrected chi connectivity index (χ0v) is 17.8. The number of nitrogens with zero attached hydrogens (tertiary/aromatic N) is 1. The van der Waals surface area contributed by atoms with Crippen LogP contribution in [-0.4, -0.2) is 32.3 Å². The molecule has 0 spiro atoms. The molecule has 1 aromatic rings. The van der Waals surface area contributed by atoms with Gasteiger partial charge in [-0.05, 0) is 31.7 Å². The van der Waals surface area contributed by atoms with Crippen LogP contribution in [0.1, 0.15) is 43.7 Å². The summed E-state index contributed by atoms with van der Waals surface area (Å²) in [5, 5.41) is 6.90. The first-order valence-electron chi connectivity index (χ1n) is 9.11. The van der Waals surface area contributed by atoms with Crippen LogP contribution in [0.4, 0.5) is 0 Å². The molecule has 0 saturated carbocycles. The van der Waals surface area contributed by atoms with Crippen molar-refractivity contribution in [2.75, 3.05) is 26.3 Å². The average Bonchev–Trinajstić information content (AvgIpc) is 2.61. The molecule has 0 radical (unpaired) electrons. The highest BCUT2D eigenvalue weighted by atomic mass is 127. The normalized spacial score (nSPS) is 14.5. The molecule has 25 heavy (non-hydrogen) atoms. The van der Waals surface area contributed by atoms with E-state index in [1.165, 1.54) is 23.1 Å². The van der Waals surface area contributed by atoms with E-state index >= 15 is 0 Å². The summed E-state index contributed by atoms with van der Waals surface area (Å²) in [7, 11) is 0. The molecule has 0 amide bonds. The van der Waals surface area contributed by atoms with Crippen LogP contribution in [0.3, 0.4) is 0 Å². The Morgan fingerprint density at radius 3 is 2.60 bits per heavy atom. The lowest BCUT2D eigenvalue weighted by Gasteiger charge is -2.16. The Morgan fingerprint density at radius 2 is 1.92 bits per heavy atom. The molecule has 1 aromatic carbocycles. The summed E-state index contributed by atoms with van der Waals surface area (Å²) in [5.74, 6) is 0.914. The largest absolute Gasteiger partial charge is 0.377 e. The molecule has 2 rings (SSSR count). The fraction of sp³-hybridized carbons (Fsp3) is 0.550. The number of ether oxygens (including phenoxy) is 1. The number of nitrogens with one attached hydrogen (secondary N) is 2. The Bertz CT molecular complexity index is 540. The highest BCUT2D eigenvalue weighted by Crippen LogP contribution is 2.10. The third-order valence-electron chi connectivity index (χ3n) is 4.16. The Labute approximate surface area is 169 Å². The Hall–Kier alpha value is -1.08. The van der Waals surface area contributed by atoms with Crippen molar-refractivity contribution >= 4 is 29.9 Å². The van der Waals surface area contributed by atoms with Gasteiger partial charge in [0.15, 0.2) is 5.96 Å². The van der Waals surface area contributed by atoms with E-state index in [9.17, 15) is 0 Å². The van der Waals surface area contributed by atoms with E-state index in [2.05, 4.69) is 54.8 Å². The number of hydrogen-bond donors (Lipinski definition) is 2. The van der Waals surface area contributed by atoms with E-state index in [-0.39, 0.29) is 24.0 Å². The SMILES string of the molecule is CCCCNC(=NCc1ccc(C)cc1)NCCC1=CCOCC1.I. The van der Waals surface area contributed by atoms with Gasteiger partial charge in [0.25, 0.3) is 0 Å². The fourth-order valence-electron chi connectivity index (χ4n) is 2.56. The molecule has 1 aliphatic heterocycles. The summed E-state index contributed by atoms with van der Waals surface area (Å²) < 4.78 is 5.36. The maximum atomic E-state index is 5.36. The standard InChI is InChI=1S/C20H31N3O.HI/c1-3-4-12-21-20(22-13-9-18-10-14-24-15-11-18)23-16-19-7-5-17(2)6-8-19;/h5-8,10H,3-4,9,11-16H2,1-2H3,(H2,21,22,23);1H. The van der Waals surface area contributed by atoms with E-state index < -0.39 is 0 Å². The van der Waals surface area contributed by atoms with E-state index in [0.717, 1.165) is 51.5 Å². The molecule has 0 saturated heterocycles. The predicted molar refractivity (Wildman–Crippen MR) is 117 cm³/mol. The van der Waals surface area contributed by atoms with Gasteiger partial charge in [-0.2, -0.15) is 0 Å². The topological polar surface area (TPSA) is 45.7 Å². The monoisotopic (exact) mass is 457 g/mol. The van der Waals surface area contributed by atoms with Crippen molar-refractivity contribution in [3.05, 3.63) is 47.0 Å². The van der Waals surface area contributed by atoms with Crippen molar-refractivity contribution < 1.29 is 4.74 Å². The molecule has 0 aromatic heterocycles. The first kappa shape index (κ1) is 22.0. The lowest BCUT2D eigenvalue weighted by atomic mass is 10.1. The van der Waals surface area contributed by atoms with Gasteiger partial charge in [0.1, 0.15) is 0 Å². The van der Waals surface area contributed by atoms with E-state index in [1.807, 2.05) is 0 Å². The van der Waals surface area contributed by atoms with E-state index in [4.69, 9.17) is 9.73 Å². The van der Waals surface area contributed by atoms with Crippen LogP contribution in [0.5, 0.6) is 0 Å². The molecule has 0 fully saturated rings. The summed E-state index contributed by atoms with van der Waals surface area (Å²) in [6.07, 6.45) is 6.67. The van der Waals surface area contributed by atoms with Crippen molar-refractivity contribution in [2.24, 2.45) is 4.99 Å². The van der Waals surface area contributed by atoms with Crippen molar-refractivity contribution in [2.45, 2.75) is 46.1 Å². The number of rotatable bonds is 8. The van der Waals surface area contributed by atoms with Crippen LogP contribution in [-0.2, 0) is 11.3 Å². The molecule has 140 valence electrons. The number of hydrogen-bond acceptors (Lipinski definition) is 2. The van der Waals surface area contributed by atoms with E-state index in [0.29, 0.717) is 6.54 Å².